The van der Waals surface area contributed by atoms with E-state index < -0.39 is 0 Å². The summed E-state index contributed by atoms with van der Waals surface area (Å²) in [6, 6.07) is 7.97. The average molecular weight is 308 g/mol. The second-order valence-electron chi connectivity index (χ2n) is 4.42. The lowest BCUT2D eigenvalue weighted by Gasteiger charge is -2.18. The normalized spacial score (nSPS) is 10.3. The van der Waals surface area contributed by atoms with Crippen molar-refractivity contribution in [3.8, 4) is 6.01 Å². The van der Waals surface area contributed by atoms with E-state index in [1.165, 1.54) is 7.11 Å². The maximum absolute atomic E-state index is 6.18. The van der Waals surface area contributed by atoms with Crippen LogP contribution >= 0.6 is 11.6 Å². The molecule has 112 valence electrons. The highest BCUT2D eigenvalue weighted by molar-refractivity contribution is 6.31. The first-order valence-corrected chi connectivity index (χ1v) is 7.00. The van der Waals surface area contributed by atoms with Crippen LogP contribution in [0.25, 0.3) is 0 Å². The zero-order valence-electron chi connectivity index (χ0n) is 12.3. The number of rotatable bonds is 6. The summed E-state index contributed by atoms with van der Waals surface area (Å²) in [5.74, 6) is 1.02. The molecule has 0 radical (unpaired) electrons. The van der Waals surface area contributed by atoms with Gasteiger partial charge in [0.15, 0.2) is 0 Å². The largest absolute Gasteiger partial charge is 0.467 e. The van der Waals surface area contributed by atoms with Crippen LogP contribution in [0.15, 0.2) is 24.3 Å². The highest BCUT2D eigenvalue weighted by Gasteiger charge is 2.12. The number of benzene rings is 1. The Hall–Kier alpha value is -2.08. The molecule has 1 aromatic heterocycles. The predicted molar refractivity (Wildman–Crippen MR) is 84.1 cm³/mol. The second kappa shape index (κ2) is 7.08. The van der Waals surface area contributed by atoms with E-state index in [0.717, 1.165) is 17.1 Å². The topological polar surface area (TPSA) is 63.2 Å². The number of methoxy groups -OCH3 is 1. The van der Waals surface area contributed by atoms with Crippen LogP contribution in [0.1, 0.15) is 12.5 Å². The van der Waals surface area contributed by atoms with Crippen LogP contribution in [-0.4, -0.2) is 35.7 Å². The first kappa shape index (κ1) is 15.3. The van der Waals surface area contributed by atoms with Gasteiger partial charge >= 0.3 is 6.01 Å². The number of nitrogens with one attached hydrogen (secondary N) is 1. The molecule has 21 heavy (non-hydrogen) atoms. The van der Waals surface area contributed by atoms with E-state index in [1.54, 1.807) is 0 Å². The van der Waals surface area contributed by atoms with E-state index in [1.807, 2.05) is 43.1 Å². The van der Waals surface area contributed by atoms with Gasteiger partial charge in [-0.05, 0) is 18.6 Å². The molecule has 0 aliphatic rings. The first-order chi connectivity index (χ1) is 10.1. The quantitative estimate of drug-likeness (QED) is 0.885. The summed E-state index contributed by atoms with van der Waals surface area (Å²) < 4.78 is 5.11. The minimum atomic E-state index is 0.280. The summed E-state index contributed by atoms with van der Waals surface area (Å²) in [4.78, 5) is 14.7. The summed E-state index contributed by atoms with van der Waals surface area (Å²) in [5, 5.41) is 3.78. The minimum absolute atomic E-state index is 0.280. The van der Waals surface area contributed by atoms with Gasteiger partial charge in [0.2, 0.25) is 11.9 Å². The van der Waals surface area contributed by atoms with E-state index in [0.29, 0.717) is 18.4 Å². The van der Waals surface area contributed by atoms with Crippen LogP contribution in [0, 0.1) is 0 Å². The fourth-order valence-corrected chi connectivity index (χ4v) is 1.99. The van der Waals surface area contributed by atoms with Crippen LogP contribution in [-0.2, 0) is 6.54 Å². The van der Waals surface area contributed by atoms with Gasteiger partial charge in [-0.1, -0.05) is 29.8 Å². The molecule has 0 bridgehead atoms. The summed E-state index contributed by atoms with van der Waals surface area (Å²) in [6.45, 7) is 3.29. The van der Waals surface area contributed by atoms with Gasteiger partial charge in [0.25, 0.3) is 0 Å². The second-order valence-corrected chi connectivity index (χ2v) is 4.83. The van der Waals surface area contributed by atoms with Crippen molar-refractivity contribution in [2.24, 2.45) is 0 Å². The molecule has 0 fully saturated rings. The predicted octanol–water partition coefficient (Wildman–Crippen LogP) is 2.60. The molecule has 0 saturated heterocycles. The van der Waals surface area contributed by atoms with E-state index in [-0.39, 0.29) is 6.01 Å². The zero-order valence-corrected chi connectivity index (χ0v) is 13.1. The molecule has 1 heterocycles. The van der Waals surface area contributed by atoms with Crippen molar-refractivity contribution < 1.29 is 4.74 Å². The first-order valence-electron chi connectivity index (χ1n) is 6.62. The Morgan fingerprint density at radius 2 is 2.00 bits per heavy atom. The van der Waals surface area contributed by atoms with Crippen LogP contribution in [0.5, 0.6) is 6.01 Å². The van der Waals surface area contributed by atoms with E-state index in [9.17, 15) is 0 Å². The smallest absolute Gasteiger partial charge is 0.322 e. The third kappa shape index (κ3) is 3.95. The maximum atomic E-state index is 6.18. The van der Waals surface area contributed by atoms with E-state index >= 15 is 0 Å². The SMILES string of the molecule is CCNc1nc(OC)nc(N(C)Cc2ccccc2Cl)n1. The van der Waals surface area contributed by atoms with Gasteiger partial charge in [0, 0.05) is 25.2 Å². The number of hydrogen-bond donors (Lipinski definition) is 1. The lowest BCUT2D eigenvalue weighted by Crippen LogP contribution is -2.21. The number of hydrogen-bond acceptors (Lipinski definition) is 6. The van der Waals surface area contributed by atoms with Gasteiger partial charge < -0.3 is 15.0 Å². The molecule has 0 aliphatic heterocycles. The highest BCUT2D eigenvalue weighted by atomic mass is 35.5. The van der Waals surface area contributed by atoms with E-state index in [4.69, 9.17) is 16.3 Å². The monoisotopic (exact) mass is 307 g/mol. The number of aromatic nitrogens is 3. The Morgan fingerprint density at radius 3 is 2.67 bits per heavy atom. The number of nitrogens with zero attached hydrogens (tertiary/aromatic N) is 4. The van der Waals surface area contributed by atoms with Gasteiger partial charge in [0.05, 0.1) is 7.11 Å². The molecule has 0 unspecified atom stereocenters. The van der Waals surface area contributed by atoms with Crippen molar-refractivity contribution in [1.82, 2.24) is 15.0 Å². The highest BCUT2D eigenvalue weighted by Crippen LogP contribution is 2.20. The number of halogens is 1. The summed E-state index contributed by atoms with van der Waals surface area (Å²) in [7, 11) is 3.43. The van der Waals surface area contributed by atoms with Crippen molar-refractivity contribution in [2.75, 3.05) is 30.9 Å². The van der Waals surface area contributed by atoms with Crippen molar-refractivity contribution in [3.63, 3.8) is 0 Å². The molecule has 1 N–H and O–H groups in total. The van der Waals surface area contributed by atoms with E-state index in [2.05, 4.69) is 20.3 Å². The van der Waals surface area contributed by atoms with Crippen LogP contribution in [0.2, 0.25) is 5.02 Å². The molecule has 0 atom stereocenters. The molecule has 2 aromatic rings. The molecule has 0 aliphatic carbocycles. The lowest BCUT2D eigenvalue weighted by molar-refractivity contribution is 0.379. The van der Waals surface area contributed by atoms with Gasteiger partial charge in [-0.3, -0.25) is 0 Å². The summed E-state index contributed by atoms with van der Waals surface area (Å²) >= 11 is 6.18. The maximum Gasteiger partial charge on any atom is 0.322 e. The molecular formula is C14H18ClN5O. The summed E-state index contributed by atoms with van der Waals surface area (Å²) in [5.41, 5.74) is 1.01. The van der Waals surface area contributed by atoms with Crippen molar-refractivity contribution in [2.45, 2.75) is 13.5 Å². The van der Waals surface area contributed by atoms with Gasteiger partial charge in [-0.25, -0.2) is 0 Å². The molecule has 2 rings (SSSR count). The van der Waals surface area contributed by atoms with Crippen LogP contribution in [0.3, 0.4) is 0 Å². The molecular weight excluding hydrogens is 290 g/mol. The standard InChI is InChI=1S/C14H18ClN5O/c1-4-16-12-17-13(19-14(18-12)21-3)20(2)9-10-7-5-6-8-11(10)15/h5-8H,4,9H2,1-3H3,(H,16,17,18,19). The van der Waals surface area contributed by atoms with Gasteiger partial charge in [0.1, 0.15) is 0 Å². The molecule has 1 aromatic carbocycles. The van der Waals surface area contributed by atoms with Crippen molar-refractivity contribution >= 4 is 23.5 Å². The molecule has 0 saturated carbocycles. The fraction of sp³-hybridized carbons (Fsp3) is 0.357. The zero-order chi connectivity index (χ0) is 15.2. The third-order valence-electron chi connectivity index (χ3n) is 2.83. The Morgan fingerprint density at radius 1 is 1.24 bits per heavy atom. The average Bonchev–Trinajstić information content (AvgIpc) is 2.49. The molecule has 0 spiro atoms. The molecule has 0 amide bonds. The molecule has 7 heteroatoms. The Labute approximate surface area is 129 Å². The van der Waals surface area contributed by atoms with Gasteiger partial charge in [-0.15, -0.1) is 0 Å². The van der Waals surface area contributed by atoms with Crippen LogP contribution in [0.4, 0.5) is 11.9 Å². The van der Waals surface area contributed by atoms with Gasteiger partial charge in [-0.2, -0.15) is 15.0 Å². The molecule has 6 nitrogen and oxygen atoms in total. The minimum Gasteiger partial charge on any atom is -0.467 e. The lowest BCUT2D eigenvalue weighted by atomic mass is 10.2. The Balaban J connectivity index is 2.23. The third-order valence-corrected chi connectivity index (χ3v) is 3.20. The summed E-state index contributed by atoms with van der Waals surface area (Å²) in [6.07, 6.45) is 0. The fourth-order valence-electron chi connectivity index (χ4n) is 1.80. The Bertz CT molecular complexity index is 608. The van der Waals surface area contributed by atoms with Crippen molar-refractivity contribution in [3.05, 3.63) is 34.9 Å². The van der Waals surface area contributed by atoms with Crippen LogP contribution < -0.4 is 15.0 Å². The number of anilines is 2. The number of ether oxygens (including phenoxy) is 1. The Kier molecular flexibility index (Phi) is 5.16. The van der Waals surface area contributed by atoms with Crippen molar-refractivity contribution in [1.29, 1.82) is 0 Å².